The van der Waals surface area contributed by atoms with Crippen molar-refractivity contribution in [3.63, 3.8) is 0 Å². The summed E-state index contributed by atoms with van der Waals surface area (Å²) in [6, 6.07) is 11.7. The van der Waals surface area contributed by atoms with E-state index in [2.05, 4.69) is 47.2 Å². The fourth-order valence-corrected chi connectivity index (χ4v) is 2.69. The molecule has 0 bridgehead atoms. The number of amides is 2. The van der Waals surface area contributed by atoms with Crippen molar-refractivity contribution in [1.29, 1.82) is 0 Å². The molecule has 2 aromatic carbocycles. The van der Waals surface area contributed by atoms with Crippen LogP contribution in [0.15, 0.2) is 59.6 Å². The molecule has 0 fully saturated rings. The highest BCUT2D eigenvalue weighted by molar-refractivity contribution is 9.10. The van der Waals surface area contributed by atoms with E-state index in [9.17, 15) is 9.59 Å². The van der Waals surface area contributed by atoms with Crippen LogP contribution in [0.1, 0.15) is 34.6 Å². The van der Waals surface area contributed by atoms with Gasteiger partial charge >= 0.3 is 0 Å². The van der Waals surface area contributed by atoms with Gasteiger partial charge in [-0.1, -0.05) is 38.6 Å². The molecule has 0 saturated carbocycles. The summed E-state index contributed by atoms with van der Waals surface area (Å²) in [5.74, 6) is 0.521. The molecule has 0 atom stereocenters. The Bertz CT molecular complexity index is 852. The van der Waals surface area contributed by atoms with Gasteiger partial charge in [0.1, 0.15) is 18.1 Å². The van der Waals surface area contributed by atoms with Crippen LogP contribution >= 0.6 is 15.9 Å². The van der Waals surface area contributed by atoms with Crippen LogP contribution in [0, 0.1) is 5.92 Å². The standard InChI is InChI=1S/C21H23BrN2O4/c1-4-11-27-18-8-6-5-7-16(18)21(26)24-23-20(25)15-9-10-19(17(22)12-15)28-13-14(2)3/h4-10,12,14H,1,11,13H2,2-3H3,(H,23,25)(H,24,26). The number of carbonyl (C=O) groups excluding carboxylic acids is 2. The lowest BCUT2D eigenvalue weighted by atomic mass is 10.2. The molecule has 2 N–H and O–H groups in total. The highest BCUT2D eigenvalue weighted by atomic mass is 79.9. The number of para-hydroxylation sites is 1. The van der Waals surface area contributed by atoms with E-state index in [-0.39, 0.29) is 6.61 Å². The van der Waals surface area contributed by atoms with E-state index in [0.29, 0.717) is 39.6 Å². The minimum absolute atomic E-state index is 0.274. The minimum Gasteiger partial charge on any atom is -0.492 e. The molecule has 6 nitrogen and oxygen atoms in total. The Balaban J connectivity index is 1.99. The van der Waals surface area contributed by atoms with Crippen molar-refractivity contribution in [2.24, 2.45) is 5.92 Å². The molecule has 0 unspecified atom stereocenters. The van der Waals surface area contributed by atoms with Crippen LogP contribution in [0.4, 0.5) is 0 Å². The molecular weight excluding hydrogens is 424 g/mol. The third-order valence-corrected chi connectivity index (χ3v) is 4.16. The van der Waals surface area contributed by atoms with Crippen LogP contribution in [-0.2, 0) is 0 Å². The van der Waals surface area contributed by atoms with Crippen LogP contribution in [0.3, 0.4) is 0 Å². The predicted octanol–water partition coefficient (Wildman–Crippen LogP) is 4.12. The van der Waals surface area contributed by atoms with Crippen LogP contribution in [0.5, 0.6) is 11.5 Å². The number of halogens is 1. The second kappa shape index (κ2) is 10.5. The number of hydrogen-bond acceptors (Lipinski definition) is 4. The monoisotopic (exact) mass is 446 g/mol. The maximum atomic E-state index is 12.4. The van der Waals surface area contributed by atoms with Crippen molar-refractivity contribution >= 4 is 27.7 Å². The van der Waals surface area contributed by atoms with Crippen LogP contribution in [0.25, 0.3) is 0 Å². The van der Waals surface area contributed by atoms with Gasteiger partial charge in [0.2, 0.25) is 0 Å². The molecule has 2 amide bonds. The van der Waals surface area contributed by atoms with Crippen LogP contribution < -0.4 is 20.3 Å². The Kier molecular flexibility index (Phi) is 8.07. The van der Waals surface area contributed by atoms with E-state index in [1.165, 1.54) is 0 Å². The number of ether oxygens (including phenoxy) is 2. The average molecular weight is 447 g/mol. The second-order valence-corrected chi connectivity index (χ2v) is 7.21. The lowest BCUT2D eigenvalue weighted by Gasteiger charge is -2.13. The van der Waals surface area contributed by atoms with Crippen molar-refractivity contribution in [2.45, 2.75) is 13.8 Å². The predicted molar refractivity (Wildman–Crippen MR) is 112 cm³/mol. The maximum absolute atomic E-state index is 12.4. The summed E-state index contributed by atoms with van der Waals surface area (Å²) in [5.41, 5.74) is 5.48. The Morgan fingerprint density at radius 2 is 1.79 bits per heavy atom. The van der Waals surface area contributed by atoms with E-state index >= 15 is 0 Å². The van der Waals surface area contributed by atoms with E-state index in [4.69, 9.17) is 9.47 Å². The Morgan fingerprint density at radius 1 is 1.07 bits per heavy atom. The molecule has 0 aromatic heterocycles. The van der Waals surface area contributed by atoms with Crippen molar-refractivity contribution in [1.82, 2.24) is 10.9 Å². The van der Waals surface area contributed by atoms with Gasteiger partial charge in [-0.3, -0.25) is 20.4 Å². The zero-order valence-electron chi connectivity index (χ0n) is 15.8. The summed E-state index contributed by atoms with van der Waals surface area (Å²) >= 11 is 3.40. The molecule has 0 aliphatic heterocycles. The number of carbonyl (C=O) groups is 2. The topological polar surface area (TPSA) is 76.7 Å². The lowest BCUT2D eigenvalue weighted by molar-refractivity contribution is 0.0844. The highest BCUT2D eigenvalue weighted by Gasteiger charge is 2.14. The quantitative estimate of drug-likeness (QED) is 0.472. The van der Waals surface area contributed by atoms with E-state index in [0.717, 1.165) is 0 Å². The summed E-state index contributed by atoms with van der Waals surface area (Å²) in [7, 11) is 0. The maximum Gasteiger partial charge on any atom is 0.273 e. The third-order valence-electron chi connectivity index (χ3n) is 3.54. The van der Waals surface area contributed by atoms with Gasteiger partial charge in [-0.15, -0.1) is 0 Å². The molecule has 0 saturated heterocycles. The molecule has 2 rings (SSSR count). The fraction of sp³-hybridized carbons (Fsp3) is 0.238. The molecular formula is C21H23BrN2O4. The van der Waals surface area contributed by atoms with E-state index in [1.807, 2.05) is 0 Å². The molecule has 7 heteroatoms. The van der Waals surface area contributed by atoms with Crippen molar-refractivity contribution < 1.29 is 19.1 Å². The van der Waals surface area contributed by atoms with Gasteiger partial charge in [0.05, 0.1) is 16.6 Å². The SMILES string of the molecule is C=CCOc1ccccc1C(=O)NNC(=O)c1ccc(OCC(C)C)c(Br)c1. The normalized spacial score (nSPS) is 10.3. The average Bonchev–Trinajstić information content (AvgIpc) is 2.69. The largest absolute Gasteiger partial charge is 0.492 e. The first kappa shape index (κ1) is 21.5. The molecule has 148 valence electrons. The number of hydrazine groups is 1. The first-order chi connectivity index (χ1) is 13.4. The van der Waals surface area contributed by atoms with Crippen LogP contribution in [-0.4, -0.2) is 25.0 Å². The van der Waals surface area contributed by atoms with Crippen molar-refractivity contribution in [3.05, 3.63) is 70.7 Å². The van der Waals surface area contributed by atoms with Gasteiger partial charge < -0.3 is 9.47 Å². The molecule has 0 aliphatic rings. The first-order valence-corrected chi connectivity index (χ1v) is 9.57. The number of rotatable bonds is 8. The smallest absolute Gasteiger partial charge is 0.273 e. The summed E-state index contributed by atoms with van der Waals surface area (Å²) in [6.45, 7) is 8.54. The zero-order chi connectivity index (χ0) is 20.5. The van der Waals surface area contributed by atoms with Crippen molar-refractivity contribution in [3.8, 4) is 11.5 Å². The Morgan fingerprint density at radius 3 is 2.46 bits per heavy atom. The van der Waals surface area contributed by atoms with Gasteiger partial charge in [-0.25, -0.2) is 0 Å². The Labute approximate surface area is 173 Å². The van der Waals surface area contributed by atoms with Gasteiger partial charge in [-0.05, 0) is 52.2 Å². The molecule has 0 aliphatic carbocycles. The number of hydrogen-bond donors (Lipinski definition) is 2. The number of benzene rings is 2. The van der Waals surface area contributed by atoms with Crippen LogP contribution in [0.2, 0.25) is 0 Å². The highest BCUT2D eigenvalue weighted by Crippen LogP contribution is 2.26. The number of nitrogens with one attached hydrogen (secondary N) is 2. The van der Waals surface area contributed by atoms with Gasteiger partial charge in [0.25, 0.3) is 11.8 Å². The molecule has 0 heterocycles. The summed E-state index contributed by atoms with van der Waals surface area (Å²) < 4.78 is 11.8. The fourth-order valence-electron chi connectivity index (χ4n) is 2.20. The van der Waals surface area contributed by atoms with Gasteiger partial charge in [-0.2, -0.15) is 0 Å². The molecule has 28 heavy (non-hydrogen) atoms. The zero-order valence-corrected chi connectivity index (χ0v) is 17.4. The summed E-state index contributed by atoms with van der Waals surface area (Å²) in [5, 5.41) is 0. The lowest BCUT2D eigenvalue weighted by Crippen LogP contribution is -2.41. The molecule has 0 radical (unpaired) electrons. The second-order valence-electron chi connectivity index (χ2n) is 6.35. The Hall–Kier alpha value is -2.80. The van der Waals surface area contributed by atoms with E-state index < -0.39 is 11.8 Å². The third kappa shape index (κ3) is 6.13. The van der Waals surface area contributed by atoms with Gasteiger partial charge in [0.15, 0.2) is 0 Å². The first-order valence-electron chi connectivity index (χ1n) is 8.78. The van der Waals surface area contributed by atoms with E-state index in [1.54, 1.807) is 48.5 Å². The minimum atomic E-state index is -0.482. The summed E-state index contributed by atoms with van der Waals surface area (Å²) in [6.07, 6.45) is 1.59. The molecule has 2 aromatic rings. The van der Waals surface area contributed by atoms with Gasteiger partial charge in [0, 0.05) is 5.56 Å². The molecule has 0 spiro atoms. The summed E-state index contributed by atoms with van der Waals surface area (Å²) in [4.78, 5) is 24.7. The van der Waals surface area contributed by atoms with Crippen molar-refractivity contribution in [2.75, 3.05) is 13.2 Å².